The van der Waals surface area contributed by atoms with Crippen molar-refractivity contribution < 1.29 is 9.59 Å². The number of aryl methyl sites for hydroxylation is 1. The van der Waals surface area contributed by atoms with Crippen LogP contribution in [0.4, 0.5) is 5.69 Å². The fourth-order valence-corrected chi connectivity index (χ4v) is 3.74. The Balaban J connectivity index is 1.70. The van der Waals surface area contributed by atoms with Gasteiger partial charge in [-0.2, -0.15) is 0 Å². The number of benzene rings is 1. The van der Waals surface area contributed by atoms with E-state index in [1.165, 1.54) is 10.4 Å². The molecule has 0 aliphatic carbocycles. The molecule has 2 heterocycles. The van der Waals surface area contributed by atoms with Crippen molar-refractivity contribution in [1.29, 1.82) is 0 Å². The van der Waals surface area contributed by atoms with Gasteiger partial charge in [-0.05, 0) is 54.6 Å². The lowest BCUT2D eigenvalue weighted by Crippen LogP contribution is -2.26. The van der Waals surface area contributed by atoms with Crippen LogP contribution >= 0.6 is 11.3 Å². The SMILES string of the molecule is Cc1ccsc1CN(C)C(=O)c1ccc(N2CCCC2=O)cc1. The zero-order valence-electron chi connectivity index (χ0n) is 13.4. The molecular formula is C18H20N2O2S. The summed E-state index contributed by atoms with van der Waals surface area (Å²) in [5, 5.41) is 2.05. The van der Waals surface area contributed by atoms with Crippen LogP contribution < -0.4 is 4.90 Å². The average Bonchev–Trinajstić information content (AvgIpc) is 3.15. The molecule has 0 saturated carbocycles. The summed E-state index contributed by atoms with van der Waals surface area (Å²) < 4.78 is 0. The zero-order chi connectivity index (χ0) is 16.4. The van der Waals surface area contributed by atoms with Crippen molar-refractivity contribution in [2.75, 3.05) is 18.5 Å². The molecule has 5 heteroatoms. The molecule has 1 fully saturated rings. The minimum atomic E-state index is -0.00269. The summed E-state index contributed by atoms with van der Waals surface area (Å²) in [6.07, 6.45) is 1.52. The number of hydrogen-bond donors (Lipinski definition) is 0. The smallest absolute Gasteiger partial charge is 0.253 e. The predicted molar refractivity (Wildman–Crippen MR) is 92.9 cm³/mol. The van der Waals surface area contributed by atoms with E-state index in [9.17, 15) is 9.59 Å². The van der Waals surface area contributed by atoms with Gasteiger partial charge in [-0.25, -0.2) is 0 Å². The molecule has 1 saturated heterocycles. The van der Waals surface area contributed by atoms with Crippen LogP contribution in [0.3, 0.4) is 0 Å². The number of nitrogens with zero attached hydrogens (tertiary/aromatic N) is 2. The van der Waals surface area contributed by atoms with E-state index >= 15 is 0 Å². The van der Waals surface area contributed by atoms with Crippen LogP contribution in [0, 0.1) is 6.92 Å². The first-order valence-electron chi connectivity index (χ1n) is 7.75. The van der Waals surface area contributed by atoms with Gasteiger partial charge < -0.3 is 9.80 Å². The molecular weight excluding hydrogens is 308 g/mol. The van der Waals surface area contributed by atoms with Gasteiger partial charge in [0.25, 0.3) is 5.91 Å². The summed E-state index contributed by atoms with van der Waals surface area (Å²) in [4.78, 5) is 29.0. The molecule has 1 aliphatic heterocycles. The molecule has 0 unspecified atom stereocenters. The van der Waals surface area contributed by atoms with E-state index in [2.05, 4.69) is 13.0 Å². The number of carbonyl (C=O) groups is 2. The first-order valence-corrected chi connectivity index (χ1v) is 8.63. The predicted octanol–water partition coefficient (Wildman–Crippen LogP) is 3.46. The minimum Gasteiger partial charge on any atom is -0.337 e. The summed E-state index contributed by atoms with van der Waals surface area (Å²) >= 11 is 1.67. The molecule has 1 aromatic carbocycles. The summed E-state index contributed by atoms with van der Waals surface area (Å²) in [6, 6.07) is 9.41. The number of amides is 2. The third kappa shape index (κ3) is 3.29. The second-order valence-corrected chi connectivity index (χ2v) is 6.88. The average molecular weight is 328 g/mol. The highest BCUT2D eigenvalue weighted by Crippen LogP contribution is 2.23. The molecule has 120 valence electrons. The van der Waals surface area contributed by atoms with Crippen LogP contribution in [-0.4, -0.2) is 30.3 Å². The summed E-state index contributed by atoms with van der Waals surface area (Å²) in [6.45, 7) is 3.45. The van der Waals surface area contributed by atoms with Gasteiger partial charge in [0.05, 0.1) is 6.54 Å². The fourth-order valence-electron chi connectivity index (χ4n) is 2.78. The van der Waals surface area contributed by atoms with Crippen molar-refractivity contribution in [3.05, 3.63) is 51.7 Å². The van der Waals surface area contributed by atoms with Gasteiger partial charge in [0.15, 0.2) is 0 Å². The largest absolute Gasteiger partial charge is 0.337 e. The Morgan fingerprint density at radius 3 is 2.57 bits per heavy atom. The molecule has 23 heavy (non-hydrogen) atoms. The molecule has 1 aliphatic rings. The van der Waals surface area contributed by atoms with Crippen molar-refractivity contribution in [3.8, 4) is 0 Å². The van der Waals surface area contributed by atoms with Crippen molar-refractivity contribution in [3.63, 3.8) is 0 Å². The highest BCUT2D eigenvalue weighted by atomic mass is 32.1. The quantitative estimate of drug-likeness (QED) is 0.862. The lowest BCUT2D eigenvalue weighted by molar-refractivity contribution is -0.117. The van der Waals surface area contributed by atoms with Crippen LogP contribution in [0.25, 0.3) is 0 Å². The van der Waals surface area contributed by atoms with Gasteiger partial charge in [0, 0.05) is 36.1 Å². The Morgan fingerprint density at radius 2 is 2.00 bits per heavy atom. The van der Waals surface area contributed by atoms with E-state index in [1.54, 1.807) is 33.3 Å². The summed E-state index contributed by atoms with van der Waals surface area (Å²) in [7, 11) is 1.82. The van der Waals surface area contributed by atoms with Crippen molar-refractivity contribution in [1.82, 2.24) is 4.90 Å². The number of carbonyl (C=O) groups excluding carboxylic acids is 2. The Kier molecular flexibility index (Phi) is 4.48. The number of hydrogen-bond acceptors (Lipinski definition) is 3. The van der Waals surface area contributed by atoms with Crippen molar-refractivity contribution in [2.24, 2.45) is 0 Å². The second-order valence-electron chi connectivity index (χ2n) is 5.88. The van der Waals surface area contributed by atoms with Gasteiger partial charge in [-0.3, -0.25) is 9.59 Å². The lowest BCUT2D eigenvalue weighted by atomic mass is 10.1. The Morgan fingerprint density at radius 1 is 1.26 bits per heavy atom. The molecule has 4 nitrogen and oxygen atoms in total. The van der Waals surface area contributed by atoms with E-state index in [1.807, 2.05) is 24.6 Å². The molecule has 0 bridgehead atoms. The van der Waals surface area contributed by atoms with Crippen LogP contribution in [0.15, 0.2) is 35.7 Å². The van der Waals surface area contributed by atoms with Gasteiger partial charge in [-0.15, -0.1) is 11.3 Å². The normalized spacial score (nSPS) is 14.3. The van der Waals surface area contributed by atoms with Crippen molar-refractivity contribution in [2.45, 2.75) is 26.3 Å². The van der Waals surface area contributed by atoms with Gasteiger partial charge >= 0.3 is 0 Å². The third-order valence-corrected chi connectivity index (χ3v) is 5.20. The maximum absolute atomic E-state index is 12.5. The number of thiophene rings is 1. The van der Waals surface area contributed by atoms with E-state index in [4.69, 9.17) is 0 Å². The van der Waals surface area contributed by atoms with Crippen LogP contribution in [0.1, 0.15) is 33.6 Å². The lowest BCUT2D eigenvalue weighted by Gasteiger charge is -2.19. The first kappa shape index (κ1) is 15.7. The second kappa shape index (κ2) is 6.54. The molecule has 2 aromatic rings. The highest BCUT2D eigenvalue weighted by Gasteiger charge is 2.22. The first-order chi connectivity index (χ1) is 11.1. The molecule has 2 amide bonds. The van der Waals surface area contributed by atoms with Gasteiger partial charge in [0.1, 0.15) is 0 Å². The fraction of sp³-hybridized carbons (Fsp3) is 0.333. The van der Waals surface area contributed by atoms with E-state index < -0.39 is 0 Å². The molecule has 1 aromatic heterocycles. The maximum Gasteiger partial charge on any atom is 0.253 e. The van der Waals surface area contributed by atoms with Gasteiger partial charge in [-0.1, -0.05) is 0 Å². The summed E-state index contributed by atoms with van der Waals surface area (Å²) in [5.74, 6) is 0.159. The highest BCUT2D eigenvalue weighted by molar-refractivity contribution is 7.10. The monoisotopic (exact) mass is 328 g/mol. The number of rotatable bonds is 4. The van der Waals surface area contributed by atoms with Crippen molar-refractivity contribution >= 4 is 28.8 Å². The van der Waals surface area contributed by atoms with Crippen LogP contribution in [0.2, 0.25) is 0 Å². The van der Waals surface area contributed by atoms with E-state index in [-0.39, 0.29) is 11.8 Å². The van der Waals surface area contributed by atoms with Crippen LogP contribution in [-0.2, 0) is 11.3 Å². The molecule has 0 atom stereocenters. The maximum atomic E-state index is 12.5. The Hall–Kier alpha value is -2.14. The van der Waals surface area contributed by atoms with Gasteiger partial charge in [0.2, 0.25) is 5.91 Å². The van der Waals surface area contributed by atoms with E-state index in [0.717, 1.165) is 18.7 Å². The molecule has 3 rings (SSSR count). The van der Waals surface area contributed by atoms with Crippen LogP contribution in [0.5, 0.6) is 0 Å². The minimum absolute atomic E-state index is 0.00269. The molecule has 0 radical (unpaired) electrons. The topological polar surface area (TPSA) is 40.6 Å². The molecule has 0 N–H and O–H groups in total. The summed E-state index contributed by atoms with van der Waals surface area (Å²) in [5.41, 5.74) is 2.75. The zero-order valence-corrected chi connectivity index (χ0v) is 14.2. The molecule has 0 spiro atoms. The Labute approximate surface area is 140 Å². The third-order valence-electron chi connectivity index (χ3n) is 4.19. The standard InChI is InChI=1S/C18H20N2O2S/c1-13-9-11-23-16(13)12-19(2)18(22)14-5-7-15(8-6-14)20-10-3-4-17(20)21/h5-9,11H,3-4,10,12H2,1-2H3. The van der Waals surface area contributed by atoms with E-state index in [0.29, 0.717) is 18.5 Å². The Bertz CT molecular complexity index is 721. The number of anilines is 1.